The summed E-state index contributed by atoms with van der Waals surface area (Å²) < 4.78 is 11.7. The summed E-state index contributed by atoms with van der Waals surface area (Å²) >= 11 is 0. The van der Waals surface area contributed by atoms with E-state index in [4.69, 9.17) is 11.5 Å². The van der Waals surface area contributed by atoms with Gasteiger partial charge >= 0.3 is 0 Å². The van der Waals surface area contributed by atoms with Crippen molar-refractivity contribution in [2.24, 2.45) is 11.5 Å². The molecule has 2 unspecified atom stereocenters. The van der Waals surface area contributed by atoms with Crippen molar-refractivity contribution in [2.75, 3.05) is 6.67 Å². The lowest BCUT2D eigenvalue weighted by atomic mass is 10.2. The Morgan fingerprint density at radius 1 is 1.30 bits per heavy atom. The molecule has 0 heterocycles. The molecule has 0 aliphatic rings. The van der Waals surface area contributed by atoms with E-state index in [2.05, 4.69) is 0 Å². The number of alkyl halides is 1. The predicted molar refractivity (Wildman–Crippen MR) is 41.4 cm³/mol. The molecule has 0 bridgehead atoms. The summed E-state index contributed by atoms with van der Waals surface area (Å²) in [6, 6.07) is -0.477. The molecule has 0 saturated carbocycles. The maximum atomic E-state index is 11.7. The first-order chi connectivity index (χ1) is 4.70. The van der Waals surface area contributed by atoms with Gasteiger partial charge in [-0.25, -0.2) is 4.39 Å². The average molecular weight is 146 g/mol. The van der Waals surface area contributed by atoms with Gasteiger partial charge in [0.05, 0.1) is 6.04 Å². The highest BCUT2D eigenvalue weighted by Gasteiger charge is 1.95. The molecule has 0 aliphatic carbocycles. The standard InChI is InChI=1S/C7H15FN2/c1-2-6(9)3-4-7(10)5-8/h3-4,6-7H,2,5,9-10H2,1H3. The molecule has 2 nitrogen and oxygen atoms in total. The molecule has 2 atom stereocenters. The molecule has 0 aromatic rings. The lowest BCUT2D eigenvalue weighted by molar-refractivity contribution is 0.464. The number of hydrogen-bond donors (Lipinski definition) is 2. The van der Waals surface area contributed by atoms with Gasteiger partial charge in [-0.3, -0.25) is 0 Å². The molecule has 0 saturated heterocycles. The molecule has 0 aromatic heterocycles. The van der Waals surface area contributed by atoms with Crippen molar-refractivity contribution in [3.05, 3.63) is 12.2 Å². The maximum Gasteiger partial charge on any atom is 0.108 e. The second-order valence-electron chi connectivity index (χ2n) is 2.28. The Morgan fingerprint density at radius 3 is 2.20 bits per heavy atom. The minimum absolute atomic E-state index is 0.0117. The van der Waals surface area contributed by atoms with Crippen LogP contribution in [0.3, 0.4) is 0 Å². The Morgan fingerprint density at radius 2 is 1.80 bits per heavy atom. The normalized spacial score (nSPS) is 17.6. The number of halogens is 1. The second-order valence-corrected chi connectivity index (χ2v) is 2.28. The summed E-state index contributed by atoms with van der Waals surface area (Å²) in [6.45, 7) is 1.45. The summed E-state index contributed by atoms with van der Waals surface area (Å²) in [7, 11) is 0. The fourth-order valence-corrected chi connectivity index (χ4v) is 0.473. The monoisotopic (exact) mass is 146 g/mol. The van der Waals surface area contributed by atoms with Gasteiger partial charge in [-0.1, -0.05) is 19.1 Å². The van der Waals surface area contributed by atoms with Crippen LogP contribution in [0, 0.1) is 0 Å². The molecule has 0 aromatic carbocycles. The molecular formula is C7H15FN2. The Kier molecular flexibility index (Phi) is 5.16. The van der Waals surface area contributed by atoms with Gasteiger partial charge in [0, 0.05) is 6.04 Å². The van der Waals surface area contributed by atoms with Crippen LogP contribution in [0.4, 0.5) is 4.39 Å². The Labute approximate surface area is 61.1 Å². The molecule has 4 N–H and O–H groups in total. The largest absolute Gasteiger partial charge is 0.324 e. The lowest BCUT2D eigenvalue weighted by Gasteiger charge is -2.02. The molecule has 0 rings (SSSR count). The highest BCUT2D eigenvalue weighted by atomic mass is 19.1. The zero-order chi connectivity index (χ0) is 7.98. The third-order valence-corrected chi connectivity index (χ3v) is 1.26. The van der Waals surface area contributed by atoms with Crippen molar-refractivity contribution < 1.29 is 4.39 Å². The van der Waals surface area contributed by atoms with E-state index in [-0.39, 0.29) is 6.04 Å². The molecule has 60 valence electrons. The van der Waals surface area contributed by atoms with Crippen molar-refractivity contribution in [3.8, 4) is 0 Å². The summed E-state index contributed by atoms with van der Waals surface area (Å²) in [6.07, 6.45) is 4.20. The van der Waals surface area contributed by atoms with E-state index >= 15 is 0 Å². The minimum Gasteiger partial charge on any atom is -0.324 e. The average Bonchev–Trinajstić information content (AvgIpc) is 1.99. The fraction of sp³-hybridized carbons (Fsp3) is 0.714. The van der Waals surface area contributed by atoms with Gasteiger partial charge in [-0.05, 0) is 6.42 Å². The van der Waals surface area contributed by atoms with E-state index in [1.165, 1.54) is 0 Å². The first-order valence-corrected chi connectivity index (χ1v) is 3.46. The Balaban J connectivity index is 3.52. The van der Waals surface area contributed by atoms with E-state index in [0.717, 1.165) is 6.42 Å². The Hall–Kier alpha value is -0.410. The summed E-state index contributed by atoms with van der Waals surface area (Å²) in [5.41, 5.74) is 10.8. The van der Waals surface area contributed by atoms with Crippen molar-refractivity contribution in [1.82, 2.24) is 0 Å². The summed E-state index contributed by atoms with van der Waals surface area (Å²) in [5, 5.41) is 0. The third-order valence-electron chi connectivity index (χ3n) is 1.26. The van der Waals surface area contributed by atoms with Crippen LogP contribution >= 0.6 is 0 Å². The van der Waals surface area contributed by atoms with Crippen molar-refractivity contribution in [2.45, 2.75) is 25.4 Å². The van der Waals surface area contributed by atoms with Crippen LogP contribution in [0.1, 0.15) is 13.3 Å². The van der Waals surface area contributed by atoms with Gasteiger partial charge in [0.2, 0.25) is 0 Å². The van der Waals surface area contributed by atoms with Crippen molar-refractivity contribution in [3.63, 3.8) is 0 Å². The quantitative estimate of drug-likeness (QED) is 0.570. The van der Waals surface area contributed by atoms with Gasteiger partial charge in [0.25, 0.3) is 0 Å². The van der Waals surface area contributed by atoms with E-state index in [1.807, 2.05) is 6.92 Å². The predicted octanol–water partition coefficient (Wildman–Crippen LogP) is 0.577. The van der Waals surface area contributed by atoms with Crippen molar-refractivity contribution in [1.29, 1.82) is 0 Å². The highest BCUT2D eigenvalue weighted by Crippen LogP contribution is 1.90. The van der Waals surface area contributed by atoms with Crippen LogP contribution < -0.4 is 11.5 Å². The first kappa shape index (κ1) is 9.59. The molecule has 0 spiro atoms. The molecule has 0 radical (unpaired) electrons. The molecule has 3 heteroatoms. The number of rotatable bonds is 4. The van der Waals surface area contributed by atoms with Crippen LogP contribution in [0.2, 0.25) is 0 Å². The van der Waals surface area contributed by atoms with Crippen molar-refractivity contribution >= 4 is 0 Å². The lowest BCUT2D eigenvalue weighted by Crippen LogP contribution is -2.21. The molecule has 10 heavy (non-hydrogen) atoms. The zero-order valence-corrected chi connectivity index (χ0v) is 6.26. The highest BCUT2D eigenvalue weighted by molar-refractivity contribution is 4.96. The molecular weight excluding hydrogens is 131 g/mol. The maximum absolute atomic E-state index is 11.7. The van der Waals surface area contributed by atoms with Crippen LogP contribution in [0.15, 0.2) is 12.2 Å². The first-order valence-electron chi connectivity index (χ1n) is 3.46. The van der Waals surface area contributed by atoms with Gasteiger partial charge in [-0.15, -0.1) is 0 Å². The molecule has 0 fully saturated rings. The summed E-state index contributed by atoms with van der Waals surface area (Å²) in [5.74, 6) is 0. The van der Waals surface area contributed by atoms with Gasteiger partial charge in [0.15, 0.2) is 0 Å². The van der Waals surface area contributed by atoms with E-state index in [0.29, 0.717) is 0 Å². The van der Waals surface area contributed by atoms with Crippen LogP contribution in [0.5, 0.6) is 0 Å². The van der Waals surface area contributed by atoms with Crippen LogP contribution in [-0.2, 0) is 0 Å². The Bertz CT molecular complexity index is 91.8. The van der Waals surface area contributed by atoms with Gasteiger partial charge in [-0.2, -0.15) is 0 Å². The SMILES string of the molecule is CCC(N)C=CC(N)CF. The fourth-order valence-electron chi connectivity index (χ4n) is 0.473. The van der Waals surface area contributed by atoms with E-state index < -0.39 is 12.7 Å². The van der Waals surface area contributed by atoms with E-state index in [9.17, 15) is 4.39 Å². The third kappa shape index (κ3) is 4.47. The second kappa shape index (κ2) is 5.38. The molecule has 0 aliphatic heterocycles. The number of nitrogens with two attached hydrogens (primary N) is 2. The van der Waals surface area contributed by atoms with Crippen LogP contribution in [0.25, 0.3) is 0 Å². The van der Waals surface area contributed by atoms with Gasteiger partial charge in [0.1, 0.15) is 6.67 Å². The number of hydrogen-bond acceptors (Lipinski definition) is 2. The van der Waals surface area contributed by atoms with Gasteiger partial charge < -0.3 is 11.5 Å². The molecule has 0 amide bonds. The minimum atomic E-state index is -0.521. The topological polar surface area (TPSA) is 52.0 Å². The summed E-state index contributed by atoms with van der Waals surface area (Å²) in [4.78, 5) is 0. The zero-order valence-electron chi connectivity index (χ0n) is 6.26. The van der Waals surface area contributed by atoms with E-state index in [1.54, 1.807) is 12.2 Å². The van der Waals surface area contributed by atoms with Crippen LogP contribution in [-0.4, -0.2) is 18.8 Å². The smallest absolute Gasteiger partial charge is 0.108 e.